The number of benzene rings is 3. The lowest BCUT2D eigenvalue weighted by atomic mass is 10.1. The molecule has 0 saturated heterocycles. The average Bonchev–Trinajstić information content (AvgIpc) is 2.99. The van der Waals surface area contributed by atoms with Gasteiger partial charge in [-0.1, -0.05) is 61.9 Å². The lowest BCUT2D eigenvalue weighted by molar-refractivity contribution is -0.129. The van der Waals surface area contributed by atoms with E-state index in [1.165, 1.54) is 31.4 Å². The highest BCUT2D eigenvalue weighted by Gasteiger charge is 2.16. The van der Waals surface area contributed by atoms with Gasteiger partial charge in [-0.2, -0.15) is 10.5 Å². The zero-order chi connectivity index (χ0) is 28.7. The van der Waals surface area contributed by atoms with Gasteiger partial charge in [0.1, 0.15) is 29.0 Å². The lowest BCUT2D eigenvalue weighted by Crippen LogP contribution is -2.23. The average molecular weight is 536 g/mol. The van der Waals surface area contributed by atoms with Crippen LogP contribution in [0.5, 0.6) is 17.2 Å². The maximum Gasteiger partial charge on any atom is 0.354 e. The van der Waals surface area contributed by atoms with Crippen molar-refractivity contribution >= 4 is 24.0 Å². The lowest BCUT2D eigenvalue weighted by Gasteiger charge is -2.10. The molecule has 40 heavy (non-hydrogen) atoms. The molecule has 0 saturated carbocycles. The number of hydrogen-bond donors (Lipinski definition) is 1. The van der Waals surface area contributed by atoms with Crippen molar-refractivity contribution in [2.45, 2.75) is 26.3 Å². The van der Waals surface area contributed by atoms with Crippen LogP contribution in [0.1, 0.15) is 36.5 Å². The van der Waals surface area contributed by atoms with Crippen LogP contribution in [0.3, 0.4) is 0 Å². The van der Waals surface area contributed by atoms with Crippen molar-refractivity contribution in [2.75, 3.05) is 13.7 Å². The van der Waals surface area contributed by atoms with Gasteiger partial charge in [0.2, 0.25) is 0 Å². The molecular weight excluding hydrogens is 506 g/mol. The summed E-state index contributed by atoms with van der Waals surface area (Å²) in [5, 5.41) is 21.8. The summed E-state index contributed by atoms with van der Waals surface area (Å²) in [6.07, 6.45) is 4.82. The first-order chi connectivity index (χ1) is 19.5. The van der Waals surface area contributed by atoms with Gasteiger partial charge in [0, 0.05) is 6.54 Å². The summed E-state index contributed by atoms with van der Waals surface area (Å²) in [5.74, 6) is -0.401. The molecule has 0 aliphatic rings. The van der Waals surface area contributed by atoms with E-state index in [1.54, 1.807) is 30.3 Å². The number of esters is 1. The zero-order valence-electron chi connectivity index (χ0n) is 22.3. The number of hydrogen-bond acceptors (Lipinski definition) is 7. The Bertz CT molecular complexity index is 1460. The topological polar surface area (TPSA) is 121 Å². The molecular formula is C32H29N3O5. The van der Waals surface area contributed by atoms with Crippen LogP contribution in [0.15, 0.2) is 83.9 Å². The maximum absolute atomic E-state index is 12.7. The summed E-state index contributed by atoms with van der Waals surface area (Å²) in [5.41, 5.74) is 1.73. The van der Waals surface area contributed by atoms with E-state index in [0.29, 0.717) is 23.5 Å². The second kappa shape index (κ2) is 15.2. The van der Waals surface area contributed by atoms with E-state index in [2.05, 4.69) is 12.2 Å². The molecule has 0 heterocycles. The molecule has 0 bridgehead atoms. The molecule has 3 aromatic rings. The Morgan fingerprint density at radius 1 is 0.875 bits per heavy atom. The fourth-order valence-corrected chi connectivity index (χ4v) is 3.50. The number of nitrogens with zero attached hydrogens (tertiary/aromatic N) is 2. The van der Waals surface area contributed by atoms with Crippen LogP contribution in [-0.4, -0.2) is 25.6 Å². The zero-order valence-corrected chi connectivity index (χ0v) is 22.3. The Morgan fingerprint density at radius 3 is 2.20 bits per heavy atom. The molecule has 1 N–H and O–H groups in total. The van der Waals surface area contributed by atoms with E-state index < -0.39 is 11.9 Å². The van der Waals surface area contributed by atoms with Crippen molar-refractivity contribution in [1.29, 1.82) is 10.5 Å². The monoisotopic (exact) mass is 535 g/mol. The molecule has 0 radical (unpaired) electrons. The first-order valence-corrected chi connectivity index (χ1v) is 12.7. The van der Waals surface area contributed by atoms with Gasteiger partial charge in [-0.15, -0.1) is 0 Å². The summed E-state index contributed by atoms with van der Waals surface area (Å²) < 4.78 is 16.4. The SMILES string of the molecule is CCCCOc1ccc(/C=C(\C#N)C(=O)Oc2ccc(/C=C(\C#N)C(=O)NCc3ccccc3)cc2OC)cc1. The van der Waals surface area contributed by atoms with Crippen LogP contribution < -0.4 is 19.5 Å². The molecule has 3 rings (SSSR count). The van der Waals surface area contributed by atoms with Crippen molar-refractivity contribution in [3.05, 3.63) is 101 Å². The molecule has 202 valence electrons. The molecule has 0 unspecified atom stereocenters. The van der Waals surface area contributed by atoms with E-state index in [0.717, 1.165) is 18.4 Å². The quantitative estimate of drug-likeness (QED) is 0.105. The van der Waals surface area contributed by atoms with Crippen molar-refractivity contribution in [1.82, 2.24) is 5.32 Å². The number of nitrogens with one attached hydrogen (secondary N) is 1. The Morgan fingerprint density at radius 2 is 1.55 bits per heavy atom. The van der Waals surface area contributed by atoms with Crippen LogP contribution in [0.25, 0.3) is 12.2 Å². The third-order valence-electron chi connectivity index (χ3n) is 5.66. The second-order valence-corrected chi connectivity index (χ2v) is 8.58. The van der Waals surface area contributed by atoms with E-state index in [4.69, 9.17) is 14.2 Å². The number of nitriles is 2. The van der Waals surface area contributed by atoms with Gasteiger partial charge < -0.3 is 19.5 Å². The third-order valence-corrected chi connectivity index (χ3v) is 5.66. The van der Waals surface area contributed by atoms with E-state index >= 15 is 0 Å². The van der Waals surface area contributed by atoms with Gasteiger partial charge in [0.15, 0.2) is 11.5 Å². The minimum Gasteiger partial charge on any atom is -0.494 e. The minimum atomic E-state index is -0.856. The molecule has 0 aromatic heterocycles. The highest BCUT2D eigenvalue weighted by Crippen LogP contribution is 2.30. The molecule has 8 nitrogen and oxygen atoms in total. The largest absolute Gasteiger partial charge is 0.494 e. The van der Waals surface area contributed by atoms with Gasteiger partial charge in [-0.25, -0.2) is 4.79 Å². The number of rotatable bonds is 12. The molecule has 1 amide bonds. The molecule has 0 spiro atoms. The van der Waals surface area contributed by atoms with Gasteiger partial charge in [-0.3, -0.25) is 4.79 Å². The van der Waals surface area contributed by atoms with Gasteiger partial charge >= 0.3 is 5.97 Å². The first-order valence-electron chi connectivity index (χ1n) is 12.7. The van der Waals surface area contributed by atoms with Gasteiger partial charge in [0.25, 0.3) is 5.91 Å². The van der Waals surface area contributed by atoms with E-state index in [-0.39, 0.29) is 29.2 Å². The molecule has 3 aromatic carbocycles. The minimum absolute atomic E-state index is 0.0810. The van der Waals surface area contributed by atoms with E-state index in [9.17, 15) is 20.1 Å². The standard InChI is InChI=1S/C32H29N3O5/c1-3-4-16-39-28-13-10-23(11-14-28)17-27(21-34)32(37)40-29-15-12-25(19-30(29)38-2)18-26(20-33)31(36)35-22-24-8-6-5-7-9-24/h5-15,17-19H,3-4,16,22H2,1-2H3,(H,35,36)/b26-18+,27-17+. The van der Waals surface area contributed by atoms with Gasteiger partial charge in [-0.05, 0) is 59.5 Å². The summed E-state index contributed by atoms with van der Waals surface area (Å²) >= 11 is 0. The predicted molar refractivity (Wildman–Crippen MR) is 151 cm³/mol. The molecule has 8 heteroatoms. The number of carbonyl (C=O) groups excluding carboxylic acids is 2. The fraction of sp³-hybridized carbons (Fsp3) is 0.188. The van der Waals surface area contributed by atoms with Crippen LogP contribution in [0.2, 0.25) is 0 Å². The number of unbranched alkanes of at least 4 members (excludes halogenated alkanes) is 1. The highest BCUT2D eigenvalue weighted by atomic mass is 16.6. The fourth-order valence-electron chi connectivity index (χ4n) is 3.50. The van der Waals surface area contributed by atoms with Crippen LogP contribution in [0.4, 0.5) is 0 Å². The van der Waals surface area contributed by atoms with Crippen molar-refractivity contribution in [3.63, 3.8) is 0 Å². The summed E-state index contributed by atoms with van der Waals surface area (Å²) in [7, 11) is 1.39. The van der Waals surface area contributed by atoms with Crippen molar-refractivity contribution in [3.8, 4) is 29.4 Å². The van der Waals surface area contributed by atoms with E-state index in [1.807, 2.05) is 42.5 Å². The van der Waals surface area contributed by atoms with Gasteiger partial charge in [0.05, 0.1) is 13.7 Å². The predicted octanol–water partition coefficient (Wildman–Crippen LogP) is 5.61. The Hall–Kier alpha value is -5.34. The Labute approximate surface area is 233 Å². The number of methoxy groups -OCH3 is 1. The number of amides is 1. The highest BCUT2D eigenvalue weighted by molar-refractivity contribution is 6.02. The smallest absolute Gasteiger partial charge is 0.354 e. The van der Waals surface area contributed by atoms with Crippen LogP contribution >= 0.6 is 0 Å². The Kier molecular flexibility index (Phi) is 11.1. The summed E-state index contributed by atoms with van der Waals surface area (Å²) in [4.78, 5) is 25.3. The molecule has 0 fully saturated rings. The second-order valence-electron chi connectivity index (χ2n) is 8.58. The third kappa shape index (κ3) is 8.61. The van der Waals surface area contributed by atoms with Crippen LogP contribution in [0, 0.1) is 22.7 Å². The molecule has 0 aliphatic heterocycles. The molecule has 0 atom stereocenters. The summed E-state index contributed by atoms with van der Waals surface area (Å²) in [6.45, 7) is 2.99. The Balaban J connectivity index is 1.70. The van der Waals surface area contributed by atoms with Crippen molar-refractivity contribution in [2.24, 2.45) is 0 Å². The normalized spacial score (nSPS) is 11.1. The van der Waals surface area contributed by atoms with Crippen molar-refractivity contribution < 1.29 is 23.8 Å². The number of ether oxygens (including phenoxy) is 3. The number of carbonyl (C=O) groups is 2. The maximum atomic E-state index is 12.7. The summed E-state index contributed by atoms with van der Waals surface area (Å²) in [6, 6.07) is 24.7. The molecule has 0 aliphatic carbocycles. The first kappa shape index (κ1) is 29.2. The van der Waals surface area contributed by atoms with Crippen LogP contribution in [-0.2, 0) is 16.1 Å².